The zero-order chi connectivity index (χ0) is 7.40. The second-order valence-electron chi connectivity index (χ2n) is 2.52. The van der Waals surface area contributed by atoms with Crippen molar-refractivity contribution >= 4 is 0 Å². The minimum absolute atomic E-state index is 0.965. The first-order chi connectivity index (χ1) is 4.79. The first-order valence-corrected chi connectivity index (χ1v) is 3.32. The van der Waals surface area contributed by atoms with Crippen LogP contribution in [0.15, 0.2) is 12.4 Å². The highest BCUT2D eigenvalue weighted by atomic mass is 15.4. The molecule has 0 amide bonds. The van der Waals surface area contributed by atoms with Gasteiger partial charge in [0.25, 0.3) is 0 Å². The molecular weight excluding hydrogens is 128 g/mol. The van der Waals surface area contributed by atoms with E-state index in [1.807, 2.05) is 10.9 Å². The lowest BCUT2D eigenvalue weighted by molar-refractivity contribution is -0.752. The molecular formula is C6H13N4+. The van der Waals surface area contributed by atoms with Crippen molar-refractivity contribution in [3.05, 3.63) is 12.4 Å². The summed E-state index contributed by atoms with van der Waals surface area (Å²) in [5.41, 5.74) is 0. The Kier molecular flexibility index (Phi) is 2.39. The van der Waals surface area contributed by atoms with Gasteiger partial charge in [-0.2, -0.15) is 4.68 Å². The maximum absolute atomic E-state index is 3.82. The number of nitrogens with zero attached hydrogens (tertiary/aromatic N) is 3. The van der Waals surface area contributed by atoms with E-state index in [0.717, 1.165) is 13.1 Å². The summed E-state index contributed by atoms with van der Waals surface area (Å²) in [7, 11) is 4.11. The molecule has 4 nitrogen and oxygen atoms in total. The molecule has 0 aliphatic heterocycles. The zero-order valence-electron chi connectivity index (χ0n) is 6.41. The van der Waals surface area contributed by atoms with E-state index in [1.54, 1.807) is 6.20 Å². The maximum atomic E-state index is 3.82. The monoisotopic (exact) mass is 141 g/mol. The predicted octanol–water partition coefficient (Wildman–Crippen LogP) is -0.741. The standard InChI is InChI=1S/C6H12N4/c1-9(2)5-6-10-4-3-7-8-10/h3-4H,5-6H2,1-2H3/p+1. The molecule has 1 aromatic rings. The van der Waals surface area contributed by atoms with Crippen LogP contribution in [0.1, 0.15) is 0 Å². The third-order valence-electron chi connectivity index (χ3n) is 1.30. The summed E-state index contributed by atoms with van der Waals surface area (Å²) in [6.45, 7) is 2.00. The second-order valence-corrected chi connectivity index (χ2v) is 2.52. The zero-order valence-corrected chi connectivity index (χ0v) is 6.41. The lowest BCUT2D eigenvalue weighted by Gasteiger charge is -2.04. The van der Waals surface area contributed by atoms with Crippen molar-refractivity contribution in [2.24, 2.45) is 0 Å². The van der Waals surface area contributed by atoms with Crippen LogP contribution in [0.4, 0.5) is 0 Å². The third kappa shape index (κ3) is 2.14. The molecule has 4 heteroatoms. The number of hydrogen-bond donors (Lipinski definition) is 1. The molecule has 10 heavy (non-hydrogen) atoms. The Balaban J connectivity index is 2.28. The van der Waals surface area contributed by atoms with Crippen molar-refractivity contribution in [2.45, 2.75) is 6.54 Å². The van der Waals surface area contributed by atoms with Crippen LogP contribution >= 0.6 is 0 Å². The SMILES string of the molecule is CN(C)CC[n+]1ccn[nH]1. The smallest absolute Gasteiger partial charge is 0.206 e. The predicted molar refractivity (Wildman–Crippen MR) is 37.3 cm³/mol. The Morgan fingerprint density at radius 1 is 1.60 bits per heavy atom. The van der Waals surface area contributed by atoms with Gasteiger partial charge in [-0.15, -0.1) is 0 Å². The summed E-state index contributed by atoms with van der Waals surface area (Å²) in [5, 5.41) is 6.65. The molecule has 0 fully saturated rings. The average Bonchev–Trinajstić information content (AvgIpc) is 2.34. The molecule has 0 aromatic carbocycles. The Morgan fingerprint density at radius 2 is 2.40 bits per heavy atom. The summed E-state index contributed by atoms with van der Waals surface area (Å²) in [5.74, 6) is 0. The van der Waals surface area contributed by atoms with E-state index in [4.69, 9.17) is 0 Å². The van der Waals surface area contributed by atoms with Crippen molar-refractivity contribution in [1.82, 2.24) is 15.2 Å². The molecule has 0 aliphatic carbocycles. The first kappa shape index (κ1) is 7.21. The molecule has 0 unspecified atom stereocenters. The van der Waals surface area contributed by atoms with Gasteiger partial charge in [-0.25, -0.2) is 0 Å². The Bertz CT molecular complexity index is 168. The van der Waals surface area contributed by atoms with Crippen LogP contribution in [-0.2, 0) is 6.54 Å². The number of likely N-dealkylation sites (N-methyl/N-ethyl adjacent to an activating group) is 1. The van der Waals surface area contributed by atoms with Gasteiger partial charge in [0.2, 0.25) is 6.20 Å². The van der Waals surface area contributed by atoms with Gasteiger partial charge in [-0.05, 0) is 14.1 Å². The normalized spacial score (nSPS) is 10.7. The number of hydrogen-bond acceptors (Lipinski definition) is 2. The molecule has 0 atom stereocenters. The molecule has 0 bridgehead atoms. The fourth-order valence-corrected chi connectivity index (χ4v) is 0.687. The van der Waals surface area contributed by atoms with Gasteiger partial charge in [0.15, 0.2) is 6.20 Å². The van der Waals surface area contributed by atoms with E-state index >= 15 is 0 Å². The van der Waals surface area contributed by atoms with Gasteiger partial charge in [0.05, 0.1) is 0 Å². The fourth-order valence-electron chi connectivity index (χ4n) is 0.687. The van der Waals surface area contributed by atoms with Gasteiger partial charge >= 0.3 is 0 Å². The largest absolute Gasteiger partial charge is 0.305 e. The maximum Gasteiger partial charge on any atom is 0.206 e. The van der Waals surface area contributed by atoms with Crippen molar-refractivity contribution in [1.29, 1.82) is 0 Å². The lowest BCUT2D eigenvalue weighted by atomic mass is 10.6. The number of aromatic amines is 1. The van der Waals surface area contributed by atoms with Gasteiger partial charge in [-0.3, -0.25) is 0 Å². The number of nitrogens with one attached hydrogen (secondary N) is 1. The number of rotatable bonds is 3. The Hall–Kier alpha value is -0.900. The summed E-state index contributed by atoms with van der Waals surface area (Å²) in [6.07, 6.45) is 3.67. The van der Waals surface area contributed by atoms with E-state index < -0.39 is 0 Å². The summed E-state index contributed by atoms with van der Waals surface area (Å²) >= 11 is 0. The second kappa shape index (κ2) is 3.31. The summed E-state index contributed by atoms with van der Waals surface area (Å²) < 4.78 is 1.94. The van der Waals surface area contributed by atoms with Gasteiger partial charge in [0.1, 0.15) is 6.54 Å². The van der Waals surface area contributed by atoms with Crippen LogP contribution < -0.4 is 4.68 Å². The van der Waals surface area contributed by atoms with Gasteiger partial charge in [0, 0.05) is 11.6 Å². The van der Waals surface area contributed by atoms with Gasteiger partial charge < -0.3 is 4.90 Å². The highest BCUT2D eigenvalue weighted by molar-refractivity contribution is 4.48. The molecule has 0 saturated heterocycles. The van der Waals surface area contributed by atoms with Crippen LogP contribution in [0.2, 0.25) is 0 Å². The van der Waals surface area contributed by atoms with Crippen LogP contribution in [0.3, 0.4) is 0 Å². The van der Waals surface area contributed by atoms with E-state index in [1.165, 1.54) is 0 Å². The molecule has 1 N–H and O–H groups in total. The first-order valence-electron chi connectivity index (χ1n) is 3.32. The molecule has 1 aromatic heterocycles. The van der Waals surface area contributed by atoms with E-state index in [-0.39, 0.29) is 0 Å². The average molecular weight is 141 g/mol. The summed E-state index contributed by atoms with van der Waals surface area (Å²) in [4.78, 5) is 2.13. The van der Waals surface area contributed by atoms with Crippen LogP contribution in [-0.4, -0.2) is 35.9 Å². The highest BCUT2D eigenvalue weighted by Gasteiger charge is 1.97. The topological polar surface area (TPSA) is 35.8 Å². The number of aromatic nitrogens is 3. The fraction of sp³-hybridized carbons (Fsp3) is 0.667. The van der Waals surface area contributed by atoms with E-state index in [2.05, 4.69) is 29.3 Å². The van der Waals surface area contributed by atoms with Crippen LogP contribution in [0.5, 0.6) is 0 Å². The van der Waals surface area contributed by atoms with E-state index in [0.29, 0.717) is 0 Å². The van der Waals surface area contributed by atoms with E-state index in [9.17, 15) is 0 Å². The van der Waals surface area contributed by atoms with Crippen LogP contribution in [0, 0.1) is 0 Å². The lowest BCUT2D eigenvalue weighted by Crippen LogP contribution is -2.39. The minimum atomic E-state index is 0.965. The minimum Gasteiger partial charge on any atom is -0.305 e. The highest BCUT2D eigenvalue weighted by Crippen LogP contribution is 1.72. The van der Waals surface area contributed by atoms with Crippen LogP contribution in [0.25, 0.3) is 0 Å². The molecule has 0 spiro atoms. The summed E-state index contributed by atoms with van der Waals surface area (Å²) in [6, 6.07) is 0. The Labute approximate surface area is 60.4 Å². The molecule has 0 radical (unpaired) electrons. The van der Waals surface area contributed by atoms with Crippen molar-refractivity contribution in [2.75, 3.05) is 20.6 Å². The third-order valence-corrected chi connectivity index (χ3v) is 1.30. The molecule has 0 aliphatic rings. The van der Waals surface area contributed by atoms with Gasteiger partial charge in [-0.1, -0.05) is 5.21 Å². The molecule has 56 valence electrons. The number of H-pyrrole nitrogens is 1. The molecule has 1 heterocycles. The molecule has 0 saturated carbocycles. The molecule has 1 rings (SSSR count). The van der Waals surface area contributed by atoms with Crippen molar-refractivity contribution in [3.8, 4) is 0 Å². The quantitative estimate of drug-likeness (QED) is 0.563. The van der Waals surface area contributed by atoms with Crippen molar-refractivity contribution < 1.29 is 4.68 Å². The van der Waals surface area contributed by atoms with Crippen molar-refractivity contribution in [3.63, 3.8) is 0 Å². The Morgan fingerprint density at radius 3 is 2.90 bits per heavy atom.